The first-order valence-electron chi connectivity index (χ1n) is 7.93. The number of aromatic amines is 1. The van der Waals surface area contributed by atoms with Gasteiger partial charge in [0.1, 0.15) is 0 Å². The van der Waals surface area contributed by atoms with E-state index in [4.69, 9.17) is 21.1 Å². The van der Waals surface area contributed by atoms with Gasteiger partial charge in [0.25, 0.3) is 0 Å². The van der Waals surface area contributed by atoms with Crippen molar-refractivity contribution in [2.75, 3.05) is 33.4 Å². The predicted molar refractivity (Wildman–Crippen MR) is 91.9 cm³/mol. The molecule has 1 aromatic carbocycles. The molecule has 0 atom stereocenters. The minimum atomic E-state index is -0.229. The summed E-state index contributed by atoms with van der Waals surface area (Å²) in [6, 6.07) is 4.93. The number of fused-ring (bicyclic) bond motifs is 1. The molecule has 124 valence electrons. The van der Waals surface area contributed by atoms with Crippen molar-refractivity contribution in [3.8, 4) is 11.5 Å². The third kappa shape index (κ3) is 3.79. The van der Waals surface area contributed by atoms with Crippen LogP contribution in [0.4, 0.5) is 0 Å². The highest BCUT2D eigenvalue weighted by molar-refractivity contribution is 6.35. The number of ether oxygens (including phenoxy) is 2. The van der Waals surface area contributed by atoms with Crippen LogP contribution in [0.25, 0.3) is 10.9 Å². The highest BCUT2D eigenvalue weighted by Crippen LogP contribution is 2.33. The third-order valence-corrected chi connectivity index (χ3v) is 4.46. The van der Waals surface area contributed by atoms with Crippen LogP contribution in [0.15, 0.2) is 23.0 Å². The van der Waals surface area contributed by atoms with Crippen molar-refractivity contribution >= 4 is 22.5 Å². The van der Waals surface area contributed by atoms with E-state index < -0.39 is 0 Å². The molecule has 0 unspecified atom stereocenters. The molecule has 0 spiro atoms. The zero-order valence-corrected chi connectivity index (χ0v) is 14.0. The average Bonchev–Trinajstić information content (AvgIpc) is 3.04. The van der Waals surface area contributed by atoms with Crippen molar-refractivity contribution in [3.63, 3.8) is 0 Å². The van der Waals surface area contributed by atoms with Gasteiger partial charge in [-0.05, 0) is 38.4 Å². The number of aromatic nitrogens is 1. The second-order valence-electron chi connectivity index (χ2n) is 5.78. The summed E-state index contributed by atoms with van der Waals surface area (Å²) in [5.41, 5.74) is 0.422. The smallest absolute Gasteiger partial charge is 0.249 e. The number of benzene rings is 1. The van der Waals surface area contributed by atoms with Gasteiger partial charge in [-0.3, -0.25) is 4.79 Å². The lowest BCUT2D eigenvalue weighted by atomic mass is 10.2. The number of halogens is 1. The molecule has 0 radical (unpaired) electrons. The number of H-pyrrole nitrogens is 1. The molecule has 1 saturated heterocycles. The first kappa shape index (κ1) is 16.1. The summed E-state index contributed by atoms with van der Waals surface area (Å²) < 4.78 is 11.2. The van der Waals surface area contributed by atoms with Crippen LogP contribution in [-0.2, 0) is 0 Å². The Bertz CT molecular complexity index is 738. The first-order valence-corrected chi connectivity index (χ1v) is 8.31. The van der Waals surface area contributed by atoms with Crippen molar-refractivity contribution in [3.05, 3.63) is 33.6 Å². The van der Waals surface area contributed by atoms with Crippen LogP contribution in [0.3, 0.4) is 0 Å². The molecule has 1 aliphatic heterocycles. The lowest BCUT2D eigenvalue weighted by Crippen LogP contribution is -2.21. The second kappa shape index (κ2) is 7.23. The molecule has 3 rings (SSSR count). The van der Waals surface area contributed by atoms with E-state index in [0.29, 0.717) is 28.6 Å². The van der Waals surface area contributed by atoms with Crippen LogP contribution >= 0.6 is 11.6 Å². The minimum Gasteiger partial charge on any atom is -0.493 e. The fourth-order valence-electron chi connectivity index (χ4n) is 2.97. The van der Waals surface area contributed by atoms with E-state index in [2.05, 4.69) is 9.88 Å². The summed E-state index contributed by atoms with van der Waals surface area (Å²) in [6.45, 7) is 4.06. The monoisotopic (exact) mass is 336 g/mol. The maximum absolute atomic E-state index is 11.6. The number of nitrogens with one attached hydrogen (secondary N) is 1. The maximum atomic E-state index is 11.6. The standard InChI is InChI=1S/C17H21ClN2O3/c1-22-15-9-12-13(18)10-17(21)19-14(12)11-16(15)23-8-4-7-20-5-2-3-6-20/h9-11H,2-8H2,1H3,(H,19,21). The Balaban J connectivity index is 1.72. The van der Waals surface area contributed by atoms with Crippen molar-refractivity contribution in [2.24, 2.45) is 0 Å². The average molecular weight is 337 g/mol. The van der Waals surface area contributed by atoms with Crippen LogP contribution in [0, 0.1) is 0 Å². The van der Waals surface area contributed by atoms with Crippen molar-refractivity contribution in [1.29, 1.82) is 0 Å². The van der Waals surface area contributed by atoms with E-state index in [0.717, 1.165) is 18.4 Å². The van der Waals surface area contributed by atoms with Crippen LogP contribution in [-0.4, -0.2) is 43.2 Å². The molecule has 2 heterocycles. The molecule has 2 aromatic rings. The number of rotatable bonds is 6. The van der Waals surface area contributed by atoms with E-state index in [1.165, 1.54) is 32.0 Å². The summed E-state index contributed by atoms with van der Waals surface area (Å²) >= 11 is 6.12. The maximum Gasteiger partial charge on any atom is 0.249 e. The Morgan fingerprint density at radius 2 is 2.00 bits per heavy atom. The Morgan fingerprint density at radius 1 is 1.22 bits per heavy atom. The van der Waals surface area contributed by atoms with Gasteiger partial charge in [0.05, 0.1) is 24.3 Å². The van der Waals surface area contributed by atoms with Crippen LogP contribution < -0.4 is 15.0 Å². The normalized spacial score (nSPS) is 15.2. The van der Waals surface area contributed by atoms with E-state index in [1.54, 1.807) is 19.2 Å². The van der Waals surface area contributed by atoms with Gasteiger partial charge in [0.15, 0.2) is 11.5 Å². The molecule has 0 amide bonds. The number of hydrogen-bond acceptors (Lipinski definition) is 4. The zero-order chi connectivity index (χ0) is 16.2. The molecule has 1 aliphatic rings. The van der Waals surface area contributed by atoms with Crippen LogP contribution in [0.2, 0.25) is 5.02 Å². The topological polar surface area (TPSA) is 54.6 Å². The van der Waals surface area contributed by atoms with E-state index >= 15 is 0 Å². The summed E-state index contributed by atoms with van der Waals surface area (Å²) in [5, 5.41) is 1.15. The molecule has 0 saturated carbocycles. The van der Waals surface area contributed by atoms with Gasteiger partial charge in [-0.2, -0.15) is 0 Å². The summed E-state index contributed by atoms with van der Waals surface area (Å²) in [5.74, 6) is 1.24. The number of likely N-dealkylation sites (tertiary alicyclic amines) is 1. The van der Waals surface area contributed by atoms with Gasteiger partial charge in [-0.1, -0.05) is 11.6 Å². The van der Waals surface area contributed by atoms with Gasteiger partial charge >= 0.3 is 0 Å². The number of nitrogens with zero attached hydrogens (tertiary/aromatic N) is 1. The third-order valence-electron chi connectivity index (χ3n) is 4.15. The highest BCUT2D eigenvalue weighted by atomic mass is 35.5. The number of pyridine rings is 1. The summed E-state index contributed by atoms with van der Waals surface area (Å²) in [7, 11) is 1.60. The largest absolute Gasteiger partial charge is 0.493 e. The van der Waals surface area contributed by atoms with E-state index in [1.807, 2.05) is 0 Å². The molecule has 23 heavy (non-hydrogen) atoms. The molecule has 1 fully saturated rings. The number of hydrogen-bond donors (Lipinski definition) is 1. The van der Waals surface area contributed by atoms with E-state index in [9.17, 15) is 4.79 Å². The molecular formula is C17H21ClN2O3. The molecule has 0 aliphatic carbocycles. The molecule has 5 nitrogen and oxygen atoms in total. The SMILES string of the molecule is COc1cc2c(Cl)cc(=O)[nH]c2cc1OCCCN1CCCC1. The minimum absolute atomic E-state index is 0.229. The second-order valence-corrected chi connectivity index (χ2v) is 6.19. The summed E-state index contributed by atoms with van der Waals surface area (Å²) in [4.78, 5) is 16.8. The van der Waals surface area contributed by atoms with Gasteiger partial charge in [0, 0.05) is 24.1 Å². The predicted octanol–water partition coefficient (Wildman–Crippen LogP) is 3.05. The Labute approximate surface area is 140 Å². The summed E-state index contributed by atoms with van der Waals surface area (Å²) in [6.07, 6.45) is 3.56. The lowest BCUT2D eigenvalue weighted by Gasteiger charge is -2.16. The zero-order valence-electron chi connectivity index (χ0n) is 13.2. The molecular weight excluding hydrogens is 316 g/mol. The number of methoxy groups -OCH3 is 1. The van der Waals surface area contributed by atoms with Gasteiger partial charge < -0.3 is 19.4 Å². The van der Waals surface area contributed by atoms with Gasteiger partial charge in [-0.15, -0.1) is 0 Å². The molecule has 0 bridgehead atoms. The van der Waals surface area contributed by atoms with Crippen molar-refractivity contribution < 1.29 is 9.47 Å². The Morgan fingerprint density at radius 3 is 2.74 bits per heavy atom. The highest BCUT2D eigenvalue weighted by Gasteiger charge is 2.12. The fraction of sp³-hybridized carbons (Fsp3) is 0.471. The van der Waals surface area contributed by atoms with Crippen LogP contribution in [0.5, 0.6) is 11.5 Å². The lowest BCUT2D eigenvalue weighted by molar-refractivity contribution is 0.254. The molecule has 6 heteroatoms. The Kier molecular flexibility index (Phi) is 5.08. The van der Waals surface area contributed by atoms with Crippen molar-refractivity contribution in [2.45, 2.75) is 19.3 Å². The van der Waals surface area contributed by atoms with Crippen molar-refractivity contribution in [1.82, 2.24) is 9.88 Å². The first-order chi connectivity index (χ1) is 11.2. The fourth-order valence-corrected chi connectivity index (χ4v) is 3.23. The quantitative estimate of drug-likeness (QED) is 0.824. The van der Waals surface area contributed by atoms with Gasteiger partial charge in [0.2, 0.25) is 5.56 Å². The van der Waals surface area contributed by atoms with Gasteiger partial charge in [-0.25, -0.2) is 0 Å². The molecule has 1 aromatic heterocycles. The molecule has 1 N–H and O–H groups in total. The Hall–Kier alpha value is -1.72. The van der Waals surface area contributed by atoms with Crippen LogP contribution in [0.1, 0.15) is 19.3 Å². The van der Waals surface area contributed by atoms with E-state index in [-0.39, 0.29) is 5.56 Å².